The maximum atomic E-state index is 4.24. The molecule has 1 saturated carbocycles. The molecule has 1 aromatic heterocycles. The van der Waals surface area contributed by atoms with Crippen molar-refractivity contribution in [3.05, 3.63) is 24.3 Å². The molecule has 3 heteroatoms. The lowest BCUT2D eigenvalue weighted by atomic mass is 10.0. The van der Waals surface area contributed by atoms with Gasteiger partial charge in [-0.05, 0) is 23.3 Å². The van der Waals surface area contributed by atoms with E-state index in [1.54, 1.807) is 12.4 Å². The number of rotatable bonds is 4. The van der Waals surface area contributed by atoms with Gasteiger partial charge < -0.3 is 5.32 Å². The van der Waals surface area contributed by atoms with E-state index in [0.29, 0.717) is 10.8 Å². The predicted octanol–water partition coefficient (Wildman–Crippen LogP) is 2.25. The molecule has 0 bridgehead atoms. The summed E-state index contributed by atoms with van der Waals surface area (Å²) in [5.74, 6) is 0.761. The summed E-state index contributed by atoms with van der Waals surface area (Å²) in [6, 6.07) is 0. The molecule has 1 aromatic rings. The highest BCUT2D eigenvalue weighted by Crippen LogP contribution is 2.67. The van der Waals surface area contributed by atoms with Gasteiger partial charge in [0.25, 0.3) is 0 Å². The van der Waals surface area contributed by atoms with Crippen LogP contribution in [0.25, 0.3) is 0 Å². The van der Waals surface area contributed by atoms with E-state index in [-0.39, 0.29) is 0 Å². The lowest BCUT2D eigenvalue weighted by molar-refractivity contribution is 0.457. The largest absolute Gasteiger partial charge is 0.311 e. The molecule has 1 N–H and O–H groups in total. The Morgan fingerprint density at radius 2 is 1.88 bits per heavy atom. The predicted molar refractivity (Wildman–Crippen MR) is 64.8 cm³/mol. The van der Waals surface area contributed by atoms with Crippen LogP contribution in [0.1, 0.15) is 33.4 Å². The Kier molecular flexibility index (Phi) is 2.74. The van der Waals surface area contributed by atoms with Gasteiger partial charge in [0.15, 0.2) is 0 Å². The molecule has 88 valence electrons. The first-order chi connectivity index (χ1) is 7.46. The van der Waals surface area contributed by atoms with Gasteiger partial charge >= 0.3 is 0 Å². The highest BCUT2D eigenvalue weighted by Gasteiger charge is 2.63. The van der Waals surface area contributed by atoms with Gasteiger partial charge in [-0.3, -0.25) is 9.97 Å². The molecular formula is C13H21N3. The van der Waals surface area contributed by atoms with Crippen LogP contribution < -0.4 is 5.32 Å². The van der Waals surface area contributed by atoms with Crippen molar-refractivity contribution in [2.45, 2.75) is 34.2 Å². The summed E-state index contributed by atoms with van der Waals surface area (Å²) in [6.07, 6.45) is 5.26. The fraction of sp³-hybridized carbons (Fsp3) is 0.692. The quantitative estimate of drug-likeness (QED) is 0.844. The Bertz CT molecular complexity index is 343. The Balaban J connectivity index is 1.79. The van der Waals surface area contributed by atoms with Crippen molar-refractivity contribution in [3.8, 4) is 0 Å². The molecule has 0 aromatic carbocycles. The highest BCUT2D eigenvalue weighted by molar-refractivity contribution is 5.13. The number of hydrogen-bond acceptors (Lipinski definition) is 3. The first kappa shape index (κ1) is 11.5. The lowest BCUT2D eigenvalue weighted by Crippen LogP contribution is -2.19. The van der Waals surface area contributed by atoms with E-state index in [9.17, 15) is 0 Å². The molecule has 0 unspecified atom stereocenters. The summed E-state index contributed by atoms with van der Waals surface area (Å²) >= 11 is 0. The molecule has 1 aliphatic carbocycles. The molecular weight excluding hydrogens is 198 g/mol. The molecule has 0 amide bonds. The third-order valence-electron chi connectivity index (χ3n) is 4.59. The van der Waals surface area contributed by atoms with E-state index < -0.39 is 0 Å². The van der Waals surface area contributed by atoms with E-state index in [4.69, 9.17) is 0 Å². The van der Waals surface area contributed by atoms with Crippen LogP contribution in [0.3, 0.4) is 0 Å². The normalized spacial score (nSPS) is 22.0. The molecule has 0 atom stereocenters. The summed E-state index contributed by atoms with van der Waals surface area (Å²) in [6.45, 7) is 11.3. The summed E-state index contributed by atoms with van der Waals surface area (Å²) in [7, 11) is 0. The number of nitrogens with zero attached hydrogens (tertiary/aromatic N) is 2. The molecule has 0 radical (unpaired) electrons. The lowest BCUT2D eigenvalue weighted by Gasteiger charge is -2.04. The SMILES string of the molecule is CC1(C)C(CNCc2cnccn2)C1(C)C. The zero-order valence-corrected chi connectivity index (χ0v) is 10.6. The van der Waals surface area contributed by atoms with E-state index in [0.717, 1.165) is 24.7 Å². The maximum Gasteiger partial charge on any atom is 0.0724 e. The zero-order valence-electron chi connectivity index (χ0n) is 10.6. The third-order valence-corrected chi connectivity index (χ3v) is 4.59. The average Bonchev–Trinajstić information content (AvgIpc) is 2.62. The summed E-state index contributed by atoms with van der Waals surface area (Å²) in [4.78, 5) is 8.30. The van der Waals surface area contributed by atoms with Crippen molar-refractivity contribution in [2.75, 3.05) is 6.54 Å². The molecule has 1 aliphatic rings. The van der Waals surface area contributed by atoms with Crippen molar-refractivity contribution in [1.82, 2.24) is 15.3 Å². The Labute approximate surface area is 97.7 Å². The Morgan fingerprint density at radius 1 is 1.19 bits per heavy atom. The number of hydrogen-bond donors (Lipinski definition) is 1. The minimum absolute atomic E-state index is 0.461. The topological polar surface area (TPSA) is 37.8 Å². The van der Waals surface area contributed by atoms with Crippen LogP contribution in [0.5, 0.6) is 0 Å². The first-order valence-electron chi connectivity index (χ1n) is 5.92. The van der Waals surface area contributed by atoms with Crippen LogP contribution in [0, 0.1) is 16.7 Å². The molecule has 0 saturated heterocycles. The maximum absolute atomic E-state index is 4.24. The van der Waals surface area contributed by atoms with Crippen LogP contribution >= 0.6 is 0 Å². The van der Waals surface area contributed by atoms with Gasteiger partial charge in [0, 0.05) is 25.1 Å². The molecule has 2 rings (SSSR count). The van der Waals surface area contributed by atoms with Crippen LogP contribution in [-0.2, 0) is 6.54 Å². The molecule has 3 nitrogen and oxygen atoms in total. The minimum atomic E-state index is 0.461. The van der Waals surface area contributed by atoms with Gasteiger partial charge in [0.1, 0.15) is 0 Å². The number of nitrogens with one attached hydrogen (secondary N) is 1. The third kappa shape index (κ3) is 1.84. The van der Waals surface area contributed by atoms with Crippen molar-refractivity contribution in [2.24, 2.45) is 16.7 Å². The highest BCUT2D eigenvalue weighted by atomic mass is 14.9. The fourth-order valence-corrected chi connectivity index (χ4v) is 2.61. The summed E-state index contributed by atoms with van der Waals surface area (Å²) < 4.78 is 0. The van der Waals surface area contributed by atoms with Crippen molar-refractivity contribution in [3.63, 3.8) is 0 Å². The Hall–Kier alpha value is -0.960. The zero-order chi connectivity index (χ0) is 11.8. The van der Waals surface area contributed by atoms with Crippen molar-refractivity contribution < 1.29 is 0 Å². The van der Waals surface area contributed by atoms with E-state index >= 15 is 0 Å². The second-order valence-corrected chi connectivity index (χ2v) is 5.82. The monoisotopic (exact) mass is 219 g/mol. The van der Waals surface area contributed by atoms with Crippen LogP contribution in [0.15, 0.2) is 18.6 Å². The van der Waals surface area contributed by atoms with Gasteiger partial charge in [0.2, 0.25) is 0 Å². The summed E-state index contributed by atoms with van der Waals surface area (Å²) in [5, 5.41) is 3.47. The van der Waals surface area contributed by atoms with Crippen molar-refractivity contribution in [1.29, 1.82) is 0 Å². The van der Waals surface area contributed by atoms with Crippen LogP contribution in [-0.4, -0.2) is 16.5 Å². The smallest absolute Gasteiger partial charge is 0.0724 e. The van der Waals surface area contributed by atoms with E-state index in [2.05, 4.69) is 43.0 Å². The van der Waals surface area contributed by atoms with Gasteiger partial charge in [-0.2, -0.15) is 0 Å². The van der Waals surface area contributed by atoms with Gasteiger partial charge in [-0.1, -0.05) is 27.7 Å². The van der Waals surface area contributed by atoms with E-state index in [1.165, 1.54) is 0 Å². The van der Waals surface area contributed by atoms with Crippen LogP contribution in [0.4, 0.5) is 0 Å². The van der Waals surface area contributed by atoms with Gasteiger partial charge in [-0.25, -0.2) is 0 Å². The standard InChI is InChI=1S/C13H21N3/c1-12(2)11(13(12,3)4)9-15-8-10-7-14-5-6-16-10/h5-7,11,15H,8-9H2,1-4H3. The minimum Gasteiger partial charge on any atom is -0.311 e. The van der Waals surface area contributed by atoms with Gasteiger partial charge in [0.05, 0.1) is 5.69 Å². The fourth-order valence-electron chi connectivity index (χ4n) is 2.61. The molecule has 1 fully saturated rings. The summed E-state index contributed by atoms with van der Waals surface area (Å²) in [5.41, 5.74) is 1.93. The van der Waals surface area contributed by atoms with Crippen LogP contribution in [0.2, 0.25) is 0 Å². The molecule has 16 heavy (non-hydrogen) atoms. The second-order valence-electron chi connectivity index (χ2n) is 5.82. The van der Waals surface area contributed by atoms with Gasteiger partial charge in [-0.15, -0.1) is 0 Å². The Morgan fingerprint density at radius 3 is 2.38 bits per heavy atom. The second kappa shape index (κ2) is 3.81. The first-order valence-corrected chi connectivity index (χ1v) is 5.92. The average molecular weight is 219 g/mol. The van der Waals surface area contributed by atoms with E-state index in [1.807, 2.05) is 6.20 Å². The molecule has 0 spiro atoms. The molecule has 0 aliphatic heterocycles. The number of aromatic nitrogens is 2. The molecule has 1 heterocycles. The van der Waals surface area contributed by atoms with Crippen molar-refractivity contribution >= 4 is 0 Å².